The minimum absolute atomic E-state index is 0.163. The third-order valence-corrected chi connectivity index (χ3v) is 5.70. The van der Waals surface area contributed by atoms with Crippen LogP contribution in [0.2, 0.25) is 0 Å². The number of nitrogens with zero attached hydrogens (tertiary/aromatic N) is 3. The Bertz CT molecular complexity index is 694. The Kier molecular flexibility index (Phi) is 4.52. The van der Waals surface area contributed by atoms with Gasteiger partial charge in [0.15, 0.2) is 0 Å². The quantitative estimate of drug-likeness (QED) is 0.869. The standard InChI is InChI=1S/C20H28N4O/c1-21-15-8-6-14(7-9-15)20-18-11-10-16(25)4-3-5-17(18)19-12-23(2)13-24(19)22-20/h6-9,16,18,21,25H,3-5,10-13H2,1-2H3. The third-order valence-electron chi connectivity index (χ3n) is 5.70. The van der Waals surface area contributed by atoms with Gasteiger partial charge in [-0.1, -0.05) is 12.1 Å². The molecule has 3 aliphatic rings. The van der Waals surface area contributed by atoms with Gasteiger partial charge >= 0.3 is 0 Å². The molecule has 5 nitrogen and oxygen atoms in total. The van der Waals surface area contributed by atoms with Gasteiger partial charge in [-0.3, -0.25) is 9.91 Å². The fourth-order valence-corrected chi connectivity index (χ4v) is 4.35. The van der Waals surface area contributed by atoms with Crippen molar-refractivity contribution in [2.45, 2.75) is 38.2 Å². The number of aliphatic hydroxyl groups is 1. The van der Waals surface area contributed by atoms with E-state index >= 15 is 0 Å². The van der Waals surface area contributed by atoms with Crippen LogP contribution in [0.4, 0.5) is 5.69 Å². The summed E-state index contributed by atoms with van der Waals surface area (Å²) in [6.07, 6.45) is 4.76. The summed E-state index contributed by atoms with van der Waals surface area (Å²) in [6.45, 7) is 1.86. The molecule has 2 atom stereocenters. The van der Waals surface area contributed by atoms with Gasteiger partial charge in [-0.05, 0) is 62.4 Å². The molecule has 2 unspecified atom stereocenters. The Hall–Kier alpha value is -1.85. The second-order valence-electron chi connectivity index (χ2n) is 7.52. The summed E-state index contributed by atoms with van der Waals surface area (Å²) in [5, 5.41) is 20.6. The van der Waals surface area contributed by atoms with Crippen molar-refractivity contribution in [1.29, 1.82) is 0 Å². The number of benzene rings is 1. The molecule has 2 heterocycles. The normalized spacial score (nSPS) is 27.3. The molecule has 0 amide bonds. The molecule has 1 saturated heterocycles. The van der Waals surface area contributed by atoms with Gasteiger partial charge in [0.25, 0.3) is 0 Å². The zero-order valence-corrected chi connectivity index (χ0v) is 15.2. The maximum atomic E-state index is 10.2. The molecule has 1 aromatic rings. The molecule has 2 aliphatic heterocycles. The predicted molar refractivity (Wildman–Crippen MR) is 101 cm³/mol. The largest absolute Gasteiger partial charge is 0.393 e. The van der Waals surface area contributed by atoms with E-state index in [0.717, 1.165) is 51.0 Å². The number of hydrazone groups is 1. The van der Waals surface area contributed by atoms with Crippen molar-refractivity contribution in [3.63, 3.8) is 0 Å². The number of aliphatic hydroxyl groups excluding tert-OH is 1. The molecule has 134 valence electrons. The first-order valence-corrected chi connectivity index (χ1v) is 9.38. The van der Waals surface area contributed by atoms with Gasteiger partial charge in [-0.15, -0.1) is 0 Å². The Morgan fingerprint density at radius 2 is 1.96 bits per heavy atom. The van der Waals surface area contributed by atoms with Crippen LogP contribution >= 0.6 is 0 Å². The van der Waals surface area contributed by atoms with Gasteiger partial charge in [-0.25, -0.2) is 0 Å². The zero-order chi connectivity index (χ0) is 17.4. The summed E-state index contributed by atoms with van der Waals surface area (Å²) in [4.78, 5) is 2.32. The fraction of sp³-hybridized carbons (Fsp3) is 0.550. The second-order valence-corrected chi connectivity index (χ2v) is 7.52. The van der Waals surface area contributed by atoms with Gasteiger partial charge in [0.05, 0.1) is 24.2 Å². The first-order valence-electron chi connectivity index (χ1n) is 9.38. The van der Waals surface area contributed by atoms with Crippen molar-refractivity contribution in [1.82, 2.24) is 9.91 Å². The molecular weight excluding hydrogens is 312 g/mol. The first kappa shape index (κ1) is 16.6. The first-order chi connectivity index (χ1) is 12.2. The Labute approximate surface area is 150 Å². The monoisotopic (exact) mass is 340 g/mol. The van der Waals surface area contributed by atoms with Crippen LogP contribution in [0.15, 0.2) is 40.6 Å². The van der Waals surface area contributed by atoms with Gasteiger partial charge in [-0.2, -0.15) is 5.10 Å². The summed E-state index contributed by atoms with van der Waals surface area (Å²) < 4.78 is 0. The number of hydrogen-bond donors (Lipinski definition) is 2. The van der Waals surface area contributed by atoms with Crippen LogP contribution in [0.5, 0.6) is 0 Å². The number of allylic oxidation sites excluding steroid dienone is 1. The van der Waals surface area contributed by atoms with Crippen LogP contribution in [0.3, 0.4) is 0 Å². The van der Waals surface area contributed by atoms with Crippen molar-refractivity contribution in [3.8, 4) is 0 Å². The number of anilines is 1. The molecule has 0 bridgehead atoms. The SMILES string of the molecule is CNc1ccc(C2=NN3CN(C)CC3=C3CCCC(O)CCC23)cc1. The predicted octanol–water partition coefficient (Wildman–Crippen LogP) is 2.85. The van der Waals surface area contributed by atoms with E-state index in [0.29, 0.717) is 5.92 Å². The molecule has 2 N–H and O–H groups in total. The van der Waals surface area contributed by atoms with E-state index in [4.69, 9.17) is 5.10 Å². The van der Waals surface area contributed by atoms with E-state index in [-0.39, 0.29) is 6.10 Å². The van der Waals surface area contributed by atoms with Crippen LogP contribution in [-0.2, 0) is 0 Å². The van der Waals surface area contributed by atoms with E-state index in [2.05, 4.69) is 46.5 Å². The van der Waals surface area contributed by atoms with Crippen molar-refractivity contribution in [3.05, 3.63) is 41.1 Å². The number of likely N-dealkylation sites (N-methyl/N-ethyl adjacent to an activating group) is 1. The molecule has 25 heavy (non-hydrogen) atoms. The van der Waals surface area contributed by atoms with Crippen LogP contribution in [-0.4, -0.2) is 54.1 Å². The highest BCUT2D eigenvalue weighted by molar-refractivity contribution is 6.04. The van der Waals surface area contributed by atoms with Crippen LogP contribution < -0.4 is 5.32 Å². The van der Waals surface area contributed by atoms with Gasteiger partial charge in [0, 0.05) is 25.2 Å². The van der Waals surface area contributed by atoms with Crippen molar-refractivity contribution in [2.75, 3.05) is 32.6 Å². The summed E-state index contributed by atoms with van der Waals surface area (Å²) >= 11 is 0. The fourth-order valence-electron chi connectivity index (χ4n) is 4.35. The summed E-state index contributed by atoms with van der Waals surface area (Å²) in [7, 11) is 4.10. The number of fused-ring (bicyclic) bond motifs is 2. The lowest BCUT2D eigenvalue weighted by atomic mass is 9.79. The van der Waals surface area contributed by atoms with Crippen LogP contribution in [0, 0.1) is 5.92 Å². The van der Waals surface area contributed by atoms with Crippen molar-refractivity contribution < 1.29 is 5.11 Å². The summed E-state index contributed by atoms with van der Waals surface area (Å²) in [5.41, 5.74) is 6.44. The zero-order valence-electron chi connectivity index (χ0n) is 15.2. The molecule has 0 spiro atoms. The minimum Gasteiger partial charge on any atom is -0.393 e. The number of rotatable bonds is 2. The Morgan fingerprint density at radius 3 is 2.72 bits per heavy atom. The number of hydrogen-bond acceptors (Lipinski definition) is 5. The van der Waals surface area contributed by atoms with E-state index in [9.17, 15) is 5.11 Å². The molecule has 1 aliphatic carbocycles. The average molecular weight is 340 g/mol. The highest BCUT2D eigenvalue weighted by Crippen LogP contribution is 2.39. The van der Waals surface area contributed by atoms with Gasteiger partial charge < -0.3 is 10.4 Å². The van der Waals surface area contributed by atoms with E-state index in [1.165, 1.54) is 17.0 Å². The van der Waals surface area contributed by atoms with Crippen molar-refractivity contribution >= 4 is 11.4 Å². The third kappa shape index (κ3) is 3.18. The molecule has 2 fully saturated rings. The maximum absolute atomic E-state index is 10.2. The molecule has 4 rings (SSSR count). The summed E-state index contributed by atoms with van der Waals surface area (Å²) in [5.74, 6) is 0.341. The lowest BCUT2D eigenvalue weighted by Crippen LogP contribution is -2.32. The highest BCUT2D eigenvalue weighted by Gasteiger charge is 2.36. The second kappa shape index (κ2) is 6.81. The van der Waals surface area contributed by atoms with Gasteiger partial charge in [0.1, 0.15) is 0 Å². The lowest BCUT2D eigenvalue weighted by molar-refractivity contribution is 0.142. The lowest BCUT2D eigenvalue weighted by Gasteiger charge is -2.34. The molecule has 5 heteroatoms. The Morgan fingerprint density at radius 1 is 1.16 bits per heavy atom. The number of nitrogens with one attached hydrogen (secondary N) is 1. The van der Waals surface area contributed by atoms with Gasteiger partial charge in [0.2, 0.25) is 0 Å². The van der Waals surface area contributed by atoms with E-state index in [1.54, 1.807) is 5.57 Å². The molecule has 1 saturated carbocycles. The van der Waals surface area contributed by atoms with E-state index < -0.39 is 0 Å². The molecule has 1 aromatic carbocycles. The summed E-state index contributed by atoms with van der Waals surface area (Å²) in [6, 6.07) is 8.57. The molecular formula is C20H28N4O. The molecule has 0 aromatic heterocycles. The van der Waals surface area contributed by atoms with Crippen LogP contribution in [0.1, 0.15) is 37.7 Å². The minimum atomic E-state index is -0.163. The molecule has 0 radical (unpaired) electrons. The maximum Gasteiger partial charge on any atom is 0.0933 e. The highest BCUT2D eigenvalue weighted by atomic mass is 16.3. The Balaban J connectivity index is 1.73. The van der Waals surface area contributed by atoms with Crippen molar-refractivity contribution in [2.24, 2.45) is 11.0 Å². The topological polar surface area (TPSA) is 51.1 Å². The smallest absolute Gasteiger partial charge is 0.0933 e. The van der Waals surface area contributed by atoms with Crippen LogP contribution in [0.25, 0.3) is 0 Å². The van der Waals surface area contributed by atoms with E-state index in [1.807, 2.05) is 7.05 Å². The average Bonchev–Trinajstić information content (AvgIpc) is 2.98.